The number of β-amino-alcohol motifs (C(OH)–C–C–N with tert-alkyl or cyclic N) is 1. The van der Waals surface area contributed by atoms with Crippen LogP contribution in [-0.4, -0.2) is 54.2 Å². The number of amides is 3. The van der Waals surface area contributed by atoms with E-state index in [2.05, 4.69) is 16.7 Å². The van der Waals surface area contributed by atoms with Gasteiger partial charge in [-0.25, -0.2) is 4.79 Å². The second kappa shape index (κ2) is 8.90. The highest BCUT2D eigenvalue weighted by atomic mass is 16.3. The van der Waals surface area contributed by atoms with Gasteiger partial charge in [0.15, 0.2) is 0 Å². The Morgan fingerprint density at radius 3 is 2.91 bits per heavy atom. The highest BCUT2D eigenvalue weighted by Crippen LogP contribution is 2.19. The van der Waals surface area contributed by atoms with Crippen molar-refractivity contribution in [3.63, 3.8) is 0 Å². The molecule has 1 saturated heterocycles. The first-order chi connectivity index (χ1) is 10.6. The van der Waals surface area contributed by atoms with Gasteiger partial charge in [-0.2, -0.15) is 0 Å². The van der Waals surface area contributed by atoms with E-state index in [4.69, 9.17) is 0 Å². The van der Waals surface area contributed by atoms with Crippen molar-refractivity contribution in [3.05, 3.63) is 11.6 Å². The van der Waals surface area contributed by atoms with Crippen LogP contribution in [0.5, 0.6) is 0 Å². The van der Waals surface area contributed by atoms with Crippen molar-refractivity contribution < 1.29 is 14.7 Å². The number of carbonyl (C=O) groups is 2. The van der Waals surface area contributed by atoms with Gasteiger partial charge in [0.1, 0.15) is 0 Å². The minimum atomic E-state index is -0.432. The molecule has 22 heavy (non-hydrogen) atoms. The van der Waals surface area contributed by atoms with Crippen LogP contribution in [0.4, 0.5) is 4.79 Å². The predicted molar refractivity (Wildman–Crippen MR) is 84.4 cm³/mol. The molecule has 1 aliphatic carbocycles. The third-order valence-corrected chi connectivity index (χ3v) is 4.22. The summed E-state index contributed by atoms with van der Waals surface area (Å²) in [7, 11) is 0. The second-order valence-electron chi connectivity index (χ2n) is 6.19. The first-order valence-corrected chi connectivity index (χ1v) is 8.29. The Labute approximate surface area is 131 Å². The summed E-state index contributed by atoms with van der Waals surface area (Å²) in [5, 5.41) is 14.6. The van der Waals surface area contributed by atoms with Crippen LogP contribution in [0.2, 0.25) is 0 Å². The lowest BCUT2D eigenvalue weighted by Crippen LogP contribution is -2.47. The number of likely N-dealkylation sites (tertiary alicyclic amines) is 1. The van der Waals surface area contributed by atoms with Crippen LogP contribution < -0.4 is 10.6 Å². The number of piperidine rings is 1. The fraction of sp³-hybridized carbons (Fsp3) is 0.750. The average molecular weight is 309 g/mol. The second-order valence-corrected chi connectivity index (χ2v) is 6.19. The van der Waals surface area contributed by atoms with Gasteiger partial charge in [0, 0.05) is 13.1 Å². The summed E-state index contributed by atoms with van der Waals surface area (Å²) in [6.07, 6.45) is 9.19. The van der Waals surface area contributed by atoms with Crippen molar-refractivity contribution in [2.24, 2.45) is 0 Å². The fourth-order valence-electron chi connectivity index (χ4n) is 3.06. The van der Waals surface area contributed by atoms with Gasteiger partial charge in [-0.1, -0.05) is 11.6 Å². The maximum absolute atomic E-state index is 11.8. The van der Waals surface area contributed by atoms with Crippen LogP contribution in [-0.2, 0) is 4.79 Å². The van der Waals surface area contributed by atoms with E-state index in [0.717, 1.165) is 38.6 Å². The minimum Gasteiger partial charge on any atom is -0.392 e. The van der Waals surface area contributed by atoms with Crippen molar-refractivity contribution >= 4 is 11.9 Å². The van der Waals surface area contributed by atoms with E-state index in [-0.39, 0.29) is 18.6 Å². The first kappa shape index (κ1) is 17.0. The van der Waals surface area contributed by atoms with Crippen molar-refractivity contribution in [2.75, 3.05) is 26.2 Å². The number of nitrogens with one attached hydrogen (secondary N) is 2. The lowest BCUT2D eigenvalue weighted by atomic mass is 9.97. The van der Waals surface area contributed by atoms with Crippen molar-refractivity contribution in [1.82, 2.24) is 15.5 Å². The highest BCUT2D eigenvalue weighted by molar-refractivity contribution is 5.95. The average Bonchev–Trinajstić information content (AvgIpc) is 2.48. The normalized spacial score (nSPS) is 22.8. The first-order valence-electron chi connectivity index (χ1n) is 8.29. The van der Waals surface area contributed by atoms with Gasteiger partial charge < -0.3 is 10.4 Å². The zero-order valence-corrected chi connectivity index (χ0v) is 13.1. The highest BCUT2D eigenvalue weighted by Gasteiger charge is 2.20. The number of aliphatic hydroxyl groups is 1. The van der Waals surface area contributed by atoms with Crippen molar-refractivity contribution in [2.45, 2.75) is 51.0 Å². The van der Waals surface area contributed by atoms with Crippen molar-refractivity contribution in [3.8, 4) is 0 Å². The molecule has 0 spiro atoms. The monoisotopic (exact) mass is 309 g/mol. The quantitative estimate of drug-likeness (QED) is 0.666. The van der Waals surface area contributed by atoms with Gasteiger partial charge in [-0.3, -0.25) is 15.0 Å². The summed E-state index contributed by atoms with van der Waals surface area (Å²) in [6.45, 7) is 2.02. The van der Waals surface area contributed by atoms with Gasteiger partial charge in [0.2, 0.25) is 5.91 Å². The SMILES string of the molecule is O=C(CN1CCC[C@H](O)C1)NC(=O)NCCC1=CCCCC1. The predicted octanol–water partition coefficient (Wildman–Crippen LogP) is 1.16. The summed E-state index contributed by atoms with van der Waals surface area (Å²) in [5.41, 5.74) is 1.40. The molecule has 0 radical (unpaired) electrons. The lowest BCUT2D eigenvalue weighted by molar-refractivity contribution is -0.121. The van der Waals surface area contributed by atoms with Gasteiger partial charge in [0.05, 0.1) is 12.6 Å². The van der Waals surface area contributed by atoms with E-state index in [1.807, 2.05) is 4.90 Å². The maximum atomic E-state index is 11.8. The van der Waals surface area contributed by atoms with Gasteiger partial charge in [-0.05, 0) is 51.5 Å². The molecule has 2 rings (SSSR count). The molecule has 1 aliphatic heterocycles. The molecule has 0 bridgehead atoms. The largest absolute Gasteiger partial charge is 0.392 e. The molecule has 3 N–H and O–H groups in total. The summed E-state index contributed by atoms with van der Waals surface area (Å²) in [6, 6.07) is -0.432. The topological polar surface area (TPSA) is 81.7 Å². The van der Waals surface area contributed by atoms with Crippen LogP contribution in [0.3, 0.4) is 0 Å². The Bertz CT molecular complexity index is 423. The van der Waals surface area contributed by atoms with Crippen LogP contribution in [0.15, 0.2) is 11.6 Å². The summed E-state index contributed by atoms with van der Waals surface area (Å²) in [4.78, 5) is 25.3. The summed E-state index contributed by atoms with van der Waals surface area (Å²) < 4.78 is 0. The van der Waals surface area contributed by atoms with Crippen LogP contribution >= 0.6 is 0 Å². The third-order valence-electron chi connectivity index (χ3n) is 4.22. The zero-order chi connectivity index (χ0) is 15.8. The maximum Gasteiger partial charge on any atom is 0.321 e. The van der Waals surface area contributed by atoms with E-state index in [1.54, 1.807) is 0 Å². The number of allylic oxidation sites excluding steroid dienone is 1. The Morgan fingerprint density at radius 1 is 1.32 bits per heavy atom. The molecule has 6 heteroatoms. The van der Waals surface area contributed by atoms with Crippen molar-refractivity contribution in [1.29, 1.82) is 0 Å². The summed E-state index contributed by atoms with van der Waals surface area (Å²) in [5.74, 6) is -0.316. The Kier molecular flexibility index (Phi) is 6.86. The number of carbonyl (C=O) groups excluding carboxylic acids is 2. The number of hydrogen-bond acceptors (Lipinski definition) is 4. The number of urea groups is 1. The molecule has 0 unspecified atom stereocenters. The molecule has 0 aromatic rings. The molecule has 124 valence electrons. The standard InChI is InChI=1S/C16H27N3O3/c20-14-7-4-10-19(11-14)12-15(21)18-16(22)17-9-8-13-5-2-1-3-6-13/h5,14,20H,1-4,6-12H2,(H2,17,18,21,22)/t14-/m0/s1. The molecule has 1 fully saturated rings. The fourth-order valence-corrected chi connectivity index (χ4v) is 3.06. The molecule has 2 aliphatic rings. The smallest absolute Gasteiger partial charge is 0.321 e. The van der Waals surface area contributed by atoms with Gasteiger partial charge in [0.25, 0.3) is 0 Å². The Hall–Kier alpha value is -1.40. The lowest BCUT2D eigenvalue weighted by Gasteiger charge is -2.29. The van der Waals surface area contributed by atoms with Crippen LogP contribution in [0.25, 0.3) is 0 Å². The number of imide groups is 1. The molecule has 1 heterocycles. The van der Waals surface area contributed by atoms with E-state index < -0.39 is 6.03 Å². The number of nitrogens with zero attached hydrogens (tertiary/aromatic N) is 1. The number of hydrogen-bond donors (Lipinski definition) is 3. The molecular formula is C16H27N3O3. The van der Waals surface area contributed by atoms with E-state index in [1.165, 1.54) is 18.4 Å². The molecule has 1 atom stereocenters. The zero-order valence-electron chi connectivity index (χ0n) is 13.1. The summed E-state index contributed by atoms with van der Waals surface area (Å²) >= 11 is 0. The number of aliphatic hydroxyl groups excluding tert-OH is 1. The molecule has 0 saturated carbocycles. The molecule has 0 aromatic heterocycles. The molecule has 0 aromatic carbocycles. The number of rotatable bonds is 5. The van der Waals surface area contributed by atoms with Crippen LogP contribution in [0, 0.1) is 0 Å². The molecule has 3 amide bonds. The Morgan fingerprint density at radius 2 is 2.18 bits per heavy atom. The van der Waals surface area contributed by atoms with E-state index >= 15 is 0 Å². The third kappa shape index (κ3) is 6.15. The van der Waals surface area contributed by atoms with Gasteiger partial charge in [-0.15, -0.1) is 0 Å². The van der Waals surface area contributed by atoms with Gasteiger partial charge >= 0.3 is 6.03 Å². The van der Waals surface area contributed by atoms with E-state index in [0.29, 0.717) is 13.1 Å². The molecule has 6 nitrogen and oxygen atoms in total. The van der Waals surface area contributed by atoms with E-state index in [9.17, 15) is 14.7 Å². The minimum absolute atomic E-state index is 0.162. The van der Waals surface area contributed by atoms with Crippen LogP contribution in [0.1, 0.15) is 44.9 Å². The molecular weight excluding hydrogens is 282 g/mol. The Balaban J connectivity index is 1.59.